The lowest BCUT2D eigenvalue weighted by atomic mass is 9.84. The minimum atomic E-state index is -4.28. The van der Waals surface area contributed by atoms with E-state index in [4.69, 9.17) is 5.73 Å². The summed E-state index contributed by atoms with van der Waals surface area (Å²) in [4.78, 5) is 4.48. The Bertz CT molecular complexity index is 662. The van der Waals surface area contributed by atoms with Gasteiger partial charge in [-0.05, 0) is 25.0 Å². The van der Waals surface area contributed by atoms with Crippen LogP contribution in [-0.4, -0.2) is 21.8 Å². The quantitative estimate of drug-likeness (QED) is 0.923. The number of alkyl halides is 3. The van der Waals surface area contributed by atoms with Gasteiger partial charge in [-0.1, -0.05) is 25.5 Å². The van der Waals surface area contributed by atoms with Crippen molar-refractivity contribution in [3.63, 3.8) is 0 Å². The molecule has 0 spiro atoms. The van der Waals surface area contributed by atoms with E-state index >= 15 is 0 Å². The van der Waals surface area contributed by atoms with E-state index in [2.05, 4.69) is 4.98 Å². The molecule has 3 rings (SSSR count). The van der Waals surface area contributed by atoms with Gasteiger partial charge in [-0.25, -0.2) is 4.98 Å². The van der Waals surface area contributed by atoms with E-state index in [1.807, 2.05) is 6.92 Å². The Kier molecular flexibility index (Phi) is 3.24. The van der Waals surface area contributed by atoms with Crippen LogP contribution in [-0.2, 0) is 12.0 Å². The molecule has 0 amide bonds. The van der Waals surface area contributed by atoms with Crippen LogP contribution in [0.25, 0.3) is 11.0 Å². The zero-order valence-corrected chi connectivity index (χ0v) is 11.8. The summed E-state index contributed by atoms with van der Waals surface area (Å²) < 4.78 is 40.2. The van der Waals surface area contributed by atoms with E-state index < -0.39 is 18.1 Å². The minimum Gasteiger partial charge on any atom is -0.327 e. The number of hydrogen-bond acceptors (Lipinski definition) is 2. The Balaban J connectivity index is 2.19. The van der Waals surface area contributed by atoms with Crippen LogP contribution in [0.15, 0.2) is 24.3 Å². The highest BCUT2D eigenvalue weighted by molar-refractivity contribution is 5.76. The molecule has 21 heavy (non-hydrogen) atoms. The van der Waals surface area contributed by atoms with E-state index in [1.54, 1.807) is 24.3 Å². The zero-order chi connectivity index (χ0) is 15.3. The highest BCUT2D eigenvalue weighted by Crippen LogP contribution is 2.41. The smallest absolute Gasteiger partial charge is 0.327 e. The summed E-state index contributed by atoms with van der Waals surface area (Å²) in [6.45, 7) is 0.907. The van der Waals surface area contributed by atoms with Crippen molar-refractivity contribution >= 4 is 11.0 Å². The molecule has 1 aromatic carbocycles. The first kappa shape index (κ1) is 14.4. The van der Waals surface area contributed by atoms with E-state index in [9.17, 15) is 13.2 Å². The molecule has 0 aliphatic heterocycles. The SMILES string of the molecule is CC1(c2nc3ccccc3n2CC(F)(F)F)CCCC1N. The summed E-state index contributed by atoms with van der Waals surface area (Å²) in [5.74, 6) is 0.464. The molecule has 2 atom stereocenters. The third-order valence-electron chi connectivity index (χ3n) is 4.53. The number of aromatic nitrogens is 2. The third kappa shape index (κ3) is 2.41. The summed E-state index contributed by atoms with van der Waals surface area (Å²) in [6, 6.07) is 6.80. The molecule has 1 aromatic heterocycles. The second-order valence-corrected chi connectivity index (χ2v) is 6.04. The fourth-order valence-electron chi connectivity index (χ4n) is 3.32. The number of nitrogens with zero attached hydrogens (tertiary/aromatic N) is 2. The molecule has 6 heteroatoms. The molecule has 0 bridgehead atoms. The van der Waals surface area contributed by atoms with Gasteiger partial charge < -0.3 is 10.3 Å². The molecular formula is C15H18F3N3. The Morgan fingerprint density at radius 2 is 2.10 bits per heavy atom. The Hall–Kier alpha value is -1.56. The summed E-state index contributed by atoms with van der Waals surface area (Å²) in [6.07, 6.45) is -1.76. The molecule has 2 N–H and O–H groups in total. The topological polar surface area (TPSA) is 43.8 Å². The van der Waals surface area contributed by atoms with Gasteiger partial charge in [-0.2, -0.15) is 13.2 Å². The first-order valence-corrected chi connectivity index (χ1v) is 7.09. The zero-order valence-electron chi connectivity index (χ0n) is 11.8. The number of para-hydroxylation sites is 2. The van der Waals surface area contributed by atoms with E-state index in [0.29, 0.717) is 16.9 Å². The van der Waals surface area contributed by atoms with Gasteiger partial charge in [0.25, 0.3) is 0 Å². The average molecular weight is 297 g/mol. The first-order chi connectivity index (χ1) is 9.81. The third-order valence-corrected chi connectivity index (χ3v) is 4.53. The van der Waals surface area contributed by atoms with Crippen molar-refractivity contribution in [2.24, 2.45) is 5.73 Å². The van der Waals surface area contributed by atoms with Crippen LogP contribution in [0.3, 0.4) is 0 Å². The van der Waals surface area contributed by atoms with Crippen LogP contribution < -0.4 is 5.73 Å². The van der Waals surface area contributed by atoms with Crippen molar-refractivity contribution in [3.8, 4) is 0 Å². The normalized spacial score (nSPS) is 26.6. The molecule has 1 aliphatic carbocycles. The van der Waals surface area contributed by atoms with Gasteiger partial charge in [0.2, 0.25) is 0 Å². The van der Waals surface area contributed by atoms with E-state index in [-0.39, 0.29) is 6.04 Å². The lowest BCUT2D eigenvalue weighted by Crippen LogP contribution is -2.41. The van der Waals surface area contributed by atoms with Crippen molar-refractivity contribution in [1.82, 2.24) is 9.55 Å². The van der Waals surface area contributed by atoms with Crippen LogP contribution in [0, 0.1) is 0 Å². The fourth-order valence-corrected chi connectivity index (χ4v) is 3.32. The van der Waals surface area contributed by atoms with Crippen LogP contribution in [0.1, 0.15) is 32.0 Å². The maximum atomic E-state index is 13.0. The Morgan fingerprint density at radius 3 is 2.71 bits per heavy atom. The van der Waals surface area contributed by atoms with Gasteiger partial charge in [0.15, 0.2) is 0 Å². The van der Waals surface area contributed by atoms with Gasteiger partial charge in [0.05, 0.1) is 11.0 Å². The molecule has 2 aromatic rings. The van der Waals surface area contributed by atoms with Crippen molar-refractivity contribution < 1.29 is 13.2 Å². The summed E-state index contributed by atoms with van der Waals surface area (Å²) in [5.41, 5.74) is 6.78. The highest BCUT2D eigenvalue weighted by atomic mass is 19.4. The molecule has 0 radical (unpaired) electrons. The minimum absolute atomic E-state index is 0.152. The molecule has 1 saturated carbocycles. The number of imidazole rings is 1. The van der Waals surface area contributed by atoms with Gasteiger partial charge in [0.1, 0.15) is 12.4 Å². The maximum Gasteiger partial charge on any atom is 0.406 e. The van der Waals surface area contributed by atoms with Crippen LogP contribution in [0.2, 0.25) is 0 Å². The maximum absolute atomic E-state index is 13.0. The number of halogens is 3. The van der Waals surface area contributed by atoms with E-state index in [0.717, 1.165) is 19.3 Å². The van der Waals surface area contributed by atoms with Gasteiger partial charge in [-0.3, -0.25) is 0 Å². The Labute approximate surface area is 121 Å². The second-order valence-electron chi connectivity index (χ2n) is 6.04. The fraction of sp³-hybridized carbons (Fsp3) is 0.533. The monoisotopic (exact) mass is 297 g/mol. The number of hydrogen-bond donors (Lipinski definition) is 1. The molecule has 1 heterocycles. The molecule has 3 nitrogen and oxygen atoms in total. The van der Waals surface area contributed by atoms with Gasteiger partial charge in [-0.15, -0.1) is 0 Å². The summed E-state index contributed by atoms with van der Waals surface area (Å²) in [5, 5.41) is 0. The van der Waals surface area contributed by atoms with Gasteiger partial charge in [0, 0.05) is 11.5 Å². The predicted molar refractivity (Wildman–Crippen MR) is 75.0 cm³/mol. The van der Waals surface area contributed by atoms with Crippen molar-refractivity contribution in [1.29, 1.82) is 0 Å². The van der Waals surface area contributed by atoms with Crippen molar-refractivity contribution in [3.05, 3.63) is 30.1 Å². The number of nitrogens with two attached hydrogens (primary N) is 1. The second kappa shape index (κ2) is 4.73. The van der Waals surface area contributed by atoms with E-state index in [1.165, 1.54) is 4.57 Å². The lowest BCUT2D eigenvalue weighted by molar-refractivity contribution is -0.140. The molecule has 1 aliphatic rings. The average Bonchev–Trinajstić information content (AvgIpc) is 2.92. The highest BCUT2D eigenvalue weighted by Gasteiger charge is 2.43. The lowest BCUT2D eigenvalue weighted by Gasteiger charge is -2.29. The summed E-state index contributed by atoms with van der Waals surface area (Å²) >= 11 is 0. The van der Waals surface area contributed by atoms with Crippen LogP contribution in [0.4, 0.5) is 13.2 Å². The van der Waals surface area contributed by atoms with Crippen molar-refractivity contribution in [2.45, 2.75) is 50.4 Å². The number of rotatable bonds is 2. The van der Waals surface area contributed by atoms with Crippen molar-refractivity contribution in [2.75, 3.05) is 0 Å². The predicted octanol–water partition coefficient (Wildman–Crippen LogP) is 3.37. The standard InChI is InChI=1S/C15H18F3N3/c1-14(8-4-7-12(14)19)13-20-10-5-2-3-6-11(10)21(13)9-15(16,17)18/h2-3,5-6,12H,4,7-9,19H2,1H3. The van der Waals surface area contributed by atoms with Gasteiger partial charge >= 0.3 is 6.18 Å². The summed E-state index contributed by atoms with van der Waals surface area (Å²) in [7, 11) is 0. The molecule has 2 unspecified atom stereocenters. The molecule has 1 fully saturated rings. The number of fused-ring (bicyclic) bond motifs is 1. The van der Waals surface area contributed by atoms with Crippen LogP contribution >= 0.6 is 0 Å². The first-order valence-electron chi connectivity index (χ1n) is 7.09. The Morgan fingerprint density at radius 1 is 1.38 bits per heavy atom. The molecular weight excluding hydrogens is 279 g/mol. The largest absolute Gasteiger partial charge is 0.406 e. The molecule has 0 saturated heterocycles. The number of benzene rings is 1. The van der Waals surface area contributed by atoms with Crippen LogP contribution in [0.5, 0.6) is 0 Å². The molecule has 114 valence electrons.